The summed E-state index contributed by atoms with van der Waals surface area (Å²) < 4.78 is 0. The zero-order valence-corrected chi connectivity index (χ0v) is 14.6. The lowest BCUT2D eigenvalue weighted by Gasteiger charge is -2.46. The van der Waals surface area contributed by atoms with Gasteiger partial charge in [-0.05, 0) is 48.3 Å². The zero-order valence-electron chi connectivity index (χ0n) is 14.6. The zero-order chi connectivity index (χ0) is 15.7. The lowest BCUT2D eigenvalue weighted by Crippen LogP contribution is -2.33. The highest BCUT2D eigenvalue weighted by molar-refractivity contribution is 5.75. The maximum atomic E-state index is 2.48. The molecule has 1 atom stereocenters. The number of hydrogen-bond acceptors (Lipinski definition) is 0. The Morgan fingerprint density at radius 3 is 2.14 bits per heavy atom. The van der Waals surface area contributed by atoms with Crippen LogP contribution in [0.1, 0.15) is 65.5 Å². The van der Waals surface area contributed by atoms with Crippen LogP contribution in [0.2, 0.25) is 0 Å². The summed E-state index contributed by atoms with van der Waals surface area (Å²) in [6.07, 6.45) is 8.30. The van der Waals surface area contributed by atoms with E-state index < -0.39 is 0 Å². The summed E-state index contributed by atoms with van der Waals surface area (Å²) in [6, 6.07) is 9.15. The minimum absolute atomic E-state index is 0.117. The second-order valence-corrected chi connectivity index (χ2v) is 7.11. The molecule has 0 aromatic heterocycles. The minimum Gasteiger partial charge on any atom is -0.0870 e. The van der Waals surface area contributed by atoms with Crippen molar-refractivity contribution < 1.29 is 0 Å². The van der Waals surface area contributed by atoms with Crippen LogP contribution in [-0.2, 0) is 6.42 Å². The van der Waals surface area contributed by atoms with Crippen LogP contribution < -0.4 is 0 Å². The largest absolute Gasteiger partial charge is 0.0870 e. The second-order valence-electron chi connectivity index (χ2n) is 7.11. The quantitative estimate of drug-likeness (QED) is 0.561. The molecular formula is C21H30. The molecule has 1 aliphatic rings. The fourth-order valence-corrected chi connectivity index (χ4v) is 4.03. The molecule has 0 heterocycles. The van der Waals surface area contributed by atoms with Crippen LogP contribution in [0, 0.1) is 10.8 Å². The van der Waals surface area contributed by atoms with Crippen molar-refractivity contribution in [2.45, 2.75) is 60.8 Å². The molecule has 0 saturated heterocycles. The Bertz CT molecular complexity index is 554. The Hall–Kier alpha value is -1.30. The molecule has 0 fully saturated rings. The first-order chi connectivity index (χ1) is 9.89. The first kappa shape index (κ1) is 16.1. The molecule has 1 unspecified atom stereocenters. The van der Waals surface area contributed by atoms with Gasteiger partial charge in [0.25, 0.3) is 0 Å². The van der Waals surface area contributed by atoms with Crippen molar-refractivity contribution >= 4 is 5.57 Å². The van der Waals surface area contributed by atoms with Gasteiger partial charge in [-0.2, -0.15) is 0 Å². The highest BCUT2D eigenvalue weighted by atomic mass is 14.5. The molecule has 1 aliphatic carbocycles. The summed E-state index contributed by atoms with van der Waals surface area (Å²) in [6.45, 7) is 13.9. The van der Waals surface area contributed by atoms with E-state index in [0.717, 1.165) is 12.8 Å². The monoisotopic (exact) mass is 282 g/mol. The molecule has 114 valence electrons. The molecule has 0 nitrogen and oxygen atoms in total. The number of aryl methyl sites for hydroxylation is 1. The van der Waals surface area contributed by atoms with Crippen molar-refractivity contribution in [1.82, 2.24) is 0 Å². The fraction of sp³-hybridized carbons (Fsp3) is 0.524. The Morgan fingerprint density at radius 1 is 1.05 bits per heavy atom. The van der Waals surface area contributed by atoms with Crippen molar-refractivity contribution in [3.63, 3.8) is 0 Å². The maximum Gasteiger partial charge on any atom is 0.0113 e. The first-order valence-corrected chi connectivity index (χ1v) is 8.36. The standard InChI is InChI=1S/C21H30/c1-7-16-10-12-17(13-11-16)18-14-15-21(6,9-3)19(8-2)20(18,4)5/h8,10-14H,7,9,15H2,1-6H3/b19-8-. The average Bonchev–Trinajstić information content (AvgIpc) is 2.47. The van der Waals surface area contributed by atoms with Crippen LogP contribution in [-0.4, -0.2) is 0 Å². The van der Waals surface area contributed by atoms with Gasteiger partial charge in [-0.25, -0.2) is 0 Å². The molecule has 0 N–H and O–H groups in total. The van der Waals surface area contributed by atoms with Gasteiger partial charge in [0, 0.05) is 5.41 Å². The van der Waals surface area contributed by atoms with E-state index in [9.17, 15) is 0 Å². The Kier molecular flexibility index (Phi) is 4.46. The van der Waals surface area contributed by atoms with Crippen molar-refractivity contribution in [3.8, 4) is 0 Å². The maximum absolute atomic E-state index is 2.48. The van der Waals surface area contributed by atoms with E-state index in [1.165, 1.54) is 23.1 Å². The summed E-state index contributed by atoms with van der Waals surface area (Å²) in [5.41, 5.74) is 6.31. The van der Waals surface area contributed by atoms with Crippen LogP contribution in [0.15, 0.2) is 42.0 Å². The van der Waals surface area contributed by atoms with Gasteiger partial charge in [-0.15, -0.1) is 0 Å². The van der Waals surface area contributed by atoms with Gasteiger partial charge in [0.15, 0.2) is 0 Å². The van der Waals surface area contributed by atoms with Crippen LogP contribution in [0.4, 0.5) is 0 Å². The molecule has 0 amide bonds. The van der Waals surface area contributed by atoms with Gasteiger partial charge >= 0.3 is 0 Å². The van der Waals surface area contributed by atoms with E-state index in [1.54, 1.807) is 5.57 Å². The molecule has 2 rings (SSSR count). The van der Waals surface area contributed by atoms with E-state index in [-0.39, 0.29) is 5.41 Å². The Morgan fingerprint density at radius 2 is 1.67 bits per heavy atom. The summed E-state index contributed by atoms with van der Waals surface area (Å²) in [7, 11) is 0. The van der Waals surface area contributed by atoms with Crippen LogP contribution in [0.25, 0.3) is 5.57 Å². The van der Waals surface area contributed by atoms with E-state index in [0.29, 0.717) is 5.41 Å². The van der Waals surface area contributed by atoms with E-state index in [2.05, 4.69) is 78.0 Å². The lowest BCUT2D eigenvalue weighted by atomic mass is 9.58. The predicted octanol–water partition coefficient (Wildman–Crippen LogP) is 6.42. The van der Waals surface area contributed by atoms with Crippen molar-refractivity contribution in [2.24, 2.45) is 10.8 Å². The van der Waals surface area contributed by atoms with Gasteiger partial charge in [-0.3, -0.25) is 0 Å². The molecule has 0 aliphatic heterocycles. The highest BCUT2D eigenvalue weighted by Gasteiger charge is 2.41. The molecular weight excluding hydrogens is 252 g/mol. The third-order valence-corrected chi connectivity index (χ3v) is 5.50. The van der Waals surface area contributed by atoms with E-state index in [1.807, 2.05) is 0 Å². The highest BCUT2D eigenvalue weighted by Crippen LogP contribution is 2.55. The van der Waals surface area contributed by atoms with Gasteiger partial charge in [0.1, 0.15) is 0 Å². The molecule has 1 aromatic rings. The van der Waals surface area contributed by atoms with Gasteiger partial charge < -0.3 is 0 Å². The van der Waals surface area contributed by atoms with E-state index >= 15 is 0 Å². The SMILES string of the molecule is C/C=C1\C(C)(CC)CC=C(c2ccc(CC)cc2)C1(C)C. The molecule has 0 bridgehead atoms. The van der Waals surface area contributed by atoms with Gasteiger partial charge in [-0.1, -0.05) is 76.6 Å². The van der Waals surface area contributed by atoms with Crippen LogP contribution >= 0.6 is 0 Å². The number of hydrogen-bond donors (Lipinski definition) is 0. The number of benzene rings is 1. The molecule has 1 aromatic carbocycles. The topological polar surface area (TPSA) is 0 Å². The summed E-state index contributed by atoms with van der Waals surface area (Å²) in [5, 5.41) is 0. The van der Waals surface area contributed by atoms with Crippen LogP contribution in [0.3, 0.4) is 0 Å². The molecule has 0 saturated carbocycles. The first-order valence-electron chi connectivity index (χ1n) is 8.36. The lowest BCUT2D eigenvalue weighted by molar-refractivity contribution is 0.311. The predicted molar refractivity (Wildman–Crippen MR) is 94.4 cm³/mol. The minimum atomic E-state index is 0.117. The Balaban J connectivity index is 2.49. The molecule has 21 heavy (non-hydrogen) atoms. The molecule has 0 radical (unpaired) electrons. The Labute approximate surface area is 131 Å². The summed E-state index contributed by atoms with van der Waals surface area (Å²) in [4.78, 5) is 0. The fourth-order valence-electron chi connectivity index (χ4n) is 4.03. The smallest absolute Gasteiger partial charge is 0.0113 e. The average molecular weight is 282 g/mol. The van der Waals surface area contributed by atoms with E-state index in [4.69, 9.17) is 0 Å². The second kappa shape index (κ2) is 5.83. The van der Waals surface area contributed by atoms with Crippen LogP contribution in [0.5, 0.6) is 0 Å². The van der Waals surface area contributed by atoms with Crippen molar-refractivity contribution in [1.29, 1.82) is 0 Å². The normalized spacial score (nSPS) is 26.8. The summed E-state index contributed by atoms with van der Waals surface area (Å²) in [5.74, 6) is 0. The van der Waals surface area contributed by atoms with Gasteiger partial charge in [0.2, 0.25) is 0 Å². The number of allylic oxidation sites excluding steroid dienone is 4. The molecule has 0 heteroatoms. The van der Waals surface area contributed by atoms with Crippen molar-refractivity contribution in [3.05, 3.63) is 53.1 Å². The third-order valence-electron chi connectivity index (χ3n) is 5.50. The van der Waals surface area contributed by atoms with Crippen molar-refractivity contribution in [2.75, 3.05) is 0 Å². The summed E-state index contributed by atoms with van der Waals surface area (Å²) >= 11 is 0. The third kappa shape index (κ3) is 2.73. The van der Waals surface area contributed by atoms with Gasteiger partial charge in [0.05, 0.1) is 0 Å². The molecule has 0 spiro atoms. The number of rotatable bonds is 3.